The summed E-state index contributed by atoms with van der Waals surface area (Å²) in [5.74, 6) is 1.16. The fraction of sp³-hybridized carbons (Fsp3) is 0.511. The number of anilines is 3. The molecule has 2 fully saturated rings. The molecule has 2 saturated carbocycles. The van der Waals surface area contributed by atoms with Crippen LogP contribution < -0.4 is 24.8 Å². The molecule has 0 amide bonds. The van der Waals surface area contributed by atoms with Crippen LogP contribution in [-0.2, 0) is 43.1 Å². The van der Waals surface area contributed by atoms with E-state index in [1.54, 1.807) is 28.7 Å². The number of hydrogen-bond donors (Lipinski definition) is 4. The zero-order chi connectivity index (χ0) is 48.4. The lowest BCUT2D eigenvalue weighted by molar-refractivity contribution is -0.144. The molecule has 8 rings (SSSR count). The van der Waals surface area contributed by atoms with Crippen LogP contribution in [0.1, 0.15) is 106 Å². The second-order valence-electron chi connectivity index (χ2n) is 17.6. The van der Waals surface area contributed by atoms with Gasteiger partial charge in [0.15, 0.2) is 11.5 Å². The Morgan fingerprint density at radius 3 is 2.17 bits per heavy atom. The van der Waals surface area contributed by atoms with Gasteiger partial charge >= 0.3 is 11.9 Å². The minimum atomic E-state index is -0.795. The van der Waals surface area contributed by atoms with Gasteiger partial charge in [0.05, 0.1) is 65.7 Å². The summed E-state index contributed by atoms with van der Waals surface area (Å²) in [5.41, 5.74) is 5.35. The van der Waals surface area contributed by atoms with Gasteiger partial charge in [-0.3, -0.25) is 9.59 Å². The van der Waals surface area contributed by atoms with Crippen molar-refractivity contribution in [2.75, 3.05) is 17.2 Å². The second kappa shape index (κ2) is 22.1. The molecule has 6 aromatic rings. The van der Waals surface area contributed by atoms with E-state index in [1.165, 1.54) is 6.33 Å². The van der Waals surface area contributed by atoms with E-state index in [4.69, 9.17) is 29.2 Å². The predicted octanol–water partition coefficient (Wildman–Crippen LogP) is 6.41. The quantitative estimate of drug-likeness (QED) is 0.0567. The normalized spacial score (nSPS) is 18.1. The molecular weight excluding hydrogens is 887 g/mol. The molecule has 2 aliphatic rings. The third-order valence-corrected chi connectivity index (χ3v) is 12.5. The van der Waals surface area contributed by atoms with Crippen LogP contribution in [0.5, 0.6) is 17.4 Å². The van der Waals surface area contributed by atoms with Crippen molar-refractivity contribution in [1.29, 1.82) is 0 Å². The Kier molecular flexibility index (Phi) is 15.4. The molecule has 6 heterocycles. The van der Waals surface area contributed by atoms with E-state index in [9.17, 15) is 19.8 Å². The molecule has 0 bridgehead atoms. The van der Waals surface area contributed by atoms with Gasteiger partial charge in [-0.1, -0.05) is 17.4 Å². The molecule has 0 spiro atoms. The van der Waals surface area contributed by atoms with Crippen molar-refractivity contribution in [2.45, 2.75) is 123 Å². The molecular formula is C47H59N15O7. The summed E-state index contributed by atoms with van der Waals surface area (Å²) >= 11 is 0. The number of aryl methyl sites for hydroxylation is 6. The summed E-state index contributed by atoms with van der Waals surface area (Å²) < 4.78 is 21.8. The maximum absolute atomic E-state index is 11.9. The third kappa shape index (κ3) is 12.0. The Morgan fingerprint density at radius 2 is 1.45 bits per heavy atom. The van der Waals surface area contributed by atoms with Gasteiger partial charge in [-0.25, -0.2) is 34.3 Å². The van der Waals surface area contributed by atoms with E-state index in [0.717, 1.165) is 56.2 Å². The van der Waals surface area contributed by atoms with Crippen molar-refractivity contribution in [3.05, 3.63) is 65.3 Å². The highest BCUT2D eigenvalue weighted by Crippen LogP contribution is 2.36. The molecule has 69 heavy (non-hydrogen) atoms. The average molecular weight is 946 g/mol. The molecule has 0 unspecified atom stereocenters. The number of ether oxygens (including phenoxy) is 3. The van der Waals surface area contributed by atoms with E-state index < -0.39 is 23.8 Å². The first-order valence-corrected chi connectivity index (χ1v) is 23.6. The Labute approximate surface area is 399 Å². The van der Waals surface area contributed by atoms with Crippen molar-refractivity contribution in [1.82, 2.24) is 64.9 Å². The number of aliphatic carboxylic acids is 2. The first-order chi connectivity index (χ1) is 33.4. The summed E-state index contributed by atoms with van der Waals surface area (Å²) in [4.78, 5) is 55.8. The van der Waals surface area contributed by atoms with Gasteiger partial charge in [-0.05, 0) is 115 Å². The summed E-state index contributed by atoms with van der Waals surface area (Å²) in [5, 5.41) is 43.4. The monoisotopic (exact) mass is 945 g/mol. The number of carbonyl (C=O) groups is 2. The molecule has 0 aliphatic heterocycles. The molecule has 364 valence electrons. The van der Waals surface area contributed by atoms with Gasteiger partial charge < -0.3 is 35.1 Å². The van der Waals surface area contributed by atoms with Gasteiger partial charge in [-0.2, -0.15) is 9.97 Å². The van der Waals surface area contributed by atoms with Crippen LogP contribution in [0.15, 0.2) is 36.8 Å². The first-order valence-electron chi connectivity index (χ1n) is 23.6. The van der Waals surface area contributed by atoms with E-state index in [1.807, 2.05) is 46.0 Å². The third-order valence-electron chi connectivity index (χ3n) is 12.5. The topological polar surface area (TPSA) is 278 Å². The van der Waals surface area contributed by atoms with Crippen molar-refractivity contribution in [3.63, 3.8) is 0 Å². The van der Waals surface area contributed by atoms with E-state index >= 15 is 0 Å². The number of carboxylic acids is 2. The molecule has 4 atom stereocenters. The minimum Gasteiger partial charge on any atom is -0.489 e. The fourth-order valence-corrected chi connectivity index (χ4v) is 8.78. The second-order valence-corrected chi connectivity index (χ2v) is 17.6. The Hall–Kier alpha value is -7.39. The maximum atomic E-state index is 11.9. The highest BCUT2D eigenvalue weighted by atomic mass is 16.5. The molecule has 6 aromatic heterocycles. The van der Waals surface area contributed by atoms with Crippen LogP contribution >= 0.6 is 0 Å². The number of pyridine rings is 2. The number of hydrogen-bond acceptors (Lipinski definition) is 18. The largest absolute Gasteiger partial charge is 0.489 e. The highest BCUT2D eigenvalue weighted by Gasteiger charge is 2.31. The summed E-state index contributed by atoms with van der Waals surface area (Å²) in [6.07, 6.45) is 11.6. The van der Waals surface area contributed by atoms with Crippen LogP contribution in [0.2, 0.25) is 0 Å². The van der Waals surface area contributed by atoms with E-state index in [-0.39, 0.29) is 12.2 Å². The van der Waals surface area contributed by atoms with Crippen LogP contribution in [-0.4, -0.2) is 106 Å². The molecule has 22 heteroatoms. The number of carboxylic acid groups (broad SMARTS) is 2. The lowest BCUT2D eigenvalue weighted by Gasteiger charge is -2.28. The molecule has 4 N–H and O–H groups in total. The molecule has 0 aromatic carbocycles. The Balaban J connectivity index is 0.939. The average Bonchev–Trinajstić information content (AvgIpc) is 3.90. The van der Waals surface area contributed by atoms with Crippen molar-refractivity contribution in [2.24, 2.45) is 25.9 Å². The summed E-state index contributed by atoms with van der Waals surface area (Å²) in [7, 11) is 3.59. The zero-order valence-corrected chi connectivity index (χ0v) is 39.6. The predicted molar refractivity (Wildman–Crippen MR) is 251 cm³/mol. The van der Waals surface area contributed by atoms with Crippen LogP contribution in [0.3, 0.4) is 0 Å². The van der Waals surface area contributed by atoms with Crippen molar-refractivity contribution in [3.8, 4) is 40.2 Å². The Bertz CT molecular complexity index is 2750. The first kappa shape index (κ1) is 48.1. The smallest absolute Gasteiger partial charge is 0.306 e. The van der Waals surface area contributed by atoms with Crippen LogP contribution in [0.25, 0.3) is 22.8 Å². The van der Waals surface area contributed by atoms with Gasteiger partial charge in [0.25, 0.3) is 0 Å². The zero-order valence-electron chi connectivity index (χ0n) is 39.6. The number of rotatable bonds is 21. The number of nitrogens with one attached hydrogen (secondary N) is 2. The van der Waals surface area contributed by atoms with Crippen LogP contribution in [0, 0.1) is 25.7 Å². The number of unbranched alkanes of at least 4 members (excludes halogenated alkanes) is 1. The lowest BCUT2D eigenvalue weighted by atomic mass is 9.87. The fourth-order valence-electron chi connectivity index (χ4n) is 8.78. The van der Waals surface area contributed by atoms with Crippen molar-refractivity contribution >= 4 is 29.7 Å². The van der Waals surface area contributed by atoms with E-state index in [0.29, 0.717) is 127 Å². The summed E-state index contributed by atoms with van der Waals surface area (Å²) in [6, 6.07) is 7.40. The number of aromatic nitrogens is 13. The molecule has 0 saturated heterocycles. The molecule has 0 radical (unpaired) electrons. The van der Waals surface area contributed by atoms with Gasteiger partial charge in [0.2, 0.25) is 17.8 Å². The standard InChI is InChI=1S/C47H59N15O7/c1-6-21-67-39-19-20-48-47(55-39)56-43-42(58-60-62(43)5)40-29(24-37(28(3)53-40)69-33-15-10-13-31(23-33)45(65)66)11-7-8-16-38-50-26-51-46(54-38)49-25-35-41(57-59-61(35)4)34-17-18-36(27(2)52-34)68-32-14-9-12-30(22-32)44(63)64/h17-20,24,26,30-33H,6-16,21-23,25H2,1-5H3,(H,63,64)(H,65,66)(H,48,55,56)(H,49,50,51,54)/t30-,31-,32-,33-/m0/s1. The highest BCUT2D eigenvalue weighted by molar-refractivity contribution is 5.74. The number of nitrogens with zero attached hydrogens (tertiary/aromatic N) is 13. The van der Waals surface area contributed by atoms with Gasteiger partial charge in [0.1, 0.15) is 29.3 Å². The lowest BCUT2D eigenvalue weighted by Crippen LogP contribution is -2.29. The van der Waals surface area contributed by atoms with E-state index in [2.05, 4.69) is 51.2 Å². The maximum Gasteiger partial charge on any atom is 0.306 e. The van der Waals surface area contributed by atoms with Crippen molar-refractivity contribution < 1.29 is 34.0 Å². The van der Waals surface area contributed by atoms with Crippen LogP contribution in [0.4, 0.5) is 17.7 Å². The van der Waals surface area contributed by atoms with Gasteiger partial charge in [-0.15, -0.1) is 10.2 Å². The summed E-state index contributed by atoms with van der Waals surface area (Å²) in [6.45, 7) is 6.61. The molecule has 2 aliphatic carbocycles. The van der Waals surface area contributed by atoms with Gasteiger partial charge in [0, 0.05) is 32.8 Å². The Morgan fingerprint density at radius 1 is 0.754 bits per heavy atom. The molecule has 22 nitrogen and oxygen atoms in total. The minimum absolute atomic E-state index is 0.174. The SMILES string of the molecule is CCCOc1ccnc(Nc2c(-c3nc(C)c(O[C@H]4CCC[C@H](C(=O)O)C4)cc3CCCCc3ncnc(NCc4c(-c5ccc(O[C@H]6CCC[C@H](C(=O)O)C6)c(C)n5)nnn4C)n3)nnn2C)n1.